The lowest BCUT2D eigenvalue weighted by Crippen LogP contribution is -2.22. The summed E-state index contributed by atoms with van der Waals surface area (Å²) >= 11 is 0.773. The molecular formula is C19H17F3N6OS. The van der Waals surface area contributed by atoms with Gasteiger partial charge >= 0.3 is 6.18 Å². The van der Waals surface area contributed by atoms with E-state index in [9.17, 15) is 18.0 Å². The van der Waals surface area contributed by atoms with Gasteiger partial charge in [0.2, 0.25) is 11.1 Å². The number of aryl methyl sites for hydroxylation is 1. The number of nitrogens with zero attached hydrogens (tertiary/aromatic N) is 4. The van der Waals surface area contributed by atoms with E-state index in [-0.39, 0.29) is 10.9 Å². The topological polar surface area (TPSA) is 90.8 Å². The van der Waals surface area contributed by atoms with E-state index in [4.69, 9.17) is 5.84 Å². The number of fused-ring (bicyclic) bond motifs is 3. The molecule has 4 aromatic rings. The van der Waals surface area contributed by atoms with Crippen LogP contribution in [0.2, 0.25) is 0 Å². The molecule has 0 bridgehead atoms. The summed E-state index contributed by atoms with van der Waals surface area (Å²) in [7, 11) is 0. The van der Waals surface area contributed by atoms with Crippen LogP contribution in [0.15, 0.2) is 47.6 Å². The molecule has 0 saturated carbocycles. The summed E-state index contributed by atoms with van der Waals surface area (Å²) in [5, 5.41) is 11.1. The number of halogens is 3. The summed E-state index contributed by atoms with van der Waals surface area (Å²) in [6.07, 6.45) is -4.71. The maximum absolute atomic E-state index is 12.7. The molecule has 0 radical (unpaired) electrons. The van der Waals surface area contributed by atoms with E-state index in [0.29, 0.717) is 10.4 Å². The second-order valence-corrected chi connectivity index (χ2v) is 7.45. The van der Waals surface area contributed by atoms with E-state index in [1.165, 1.54) is 0 Å². The van der Waals surface area contributed by atoms with Crippen LogP contribution in [0.3, 0.4) is 0 Å². The van der Waals surface area contributed by atoms with E-state index in [2.05, 4.69) is 27.0 Å². The van der Waals surface area contributed by atoms with Crippen LogP contribution < -0.4 is 11.2 Å². The highest BCUT2D eigenvalue weighted by molar-refractivity contribution is 7.99. The molecule has 7 nitrogen and oxygen atoms in total. The van der Waals surface area contributed by atoms with Crippen LogP contribution in [0, 0.1) is 0 Å². The number of nitrogen functional groups attached to an aromatic ring is 1. The predicted octanol–water partition coefficient (Wildman–Crippen LogP) is 3.87. The Morgan fingerprint density at radius 2 is 1.87 bits per heavy atom. The van der Waals surface area contributed by atoms with Gasteiger partial charge in [-0.15, -0.1) is 10.2 Å². The largest absolute Gasteiger partial charge is 0.453 e. The van der Waals surface area contributed by atoms with Gasteiger partial charge in [0.25, 0.3) is 5.82 Å². The minimum absolute atomic E-state index is 0.165. The molecule has 0 unspecified atom stereocenters. The Kier molecular flexibility index (Phi) is 5.06. The maximum Gasteiger partial charge on any atom is 0.453 e. The number of alkyl halides is 3. The van der Waals surface area contributed by atoms with Gasteiger partial charge in [0.15, 0.2) is 0 Å². The van der Waals surface area contributed by atoms with Crippen molar-refractivity contribution in [2.45, 2.75) is 24.8 Å². The number of anilines is 1. The Morgan fingerprint density at radius 3 is 2.57 bits per heavy atom. The van der Waals surface area contributed by atoms with E-state index in [1.807, 2.05) is 36.4 Å². The minimum atomic E-state index is -4.71. The van der Waals surface area contributed by atoms with Crippen molar-refractivity contribution >= 4 is 45.2 Å². The number of carbonyl (C=O) groups is 1. The van der Waals surface area contributed by atoms with E-state index < -0.39 is 17.9 Å². The quantitative estimate of drug-likeness (QED) is 0.368. The maximum atomic E-state index is 12.7. The molecule has 0 aliphatic heterocycles. The van der Waals surface area contributed by atoms with Gasteiger partial charge in [-0.2, -0.15) is 13.2 Å². The smallest absolute Gasteiger partial charge is 0.341 e. The number of nitrogens with two attached hydrogens (primary N) is 1. The first-order chi connectivity index (χ1) is 14.3. The van der Waals surface area contributed by atoms with Crippen molar-refractivity contribution in [3.8, 4) is 0 Å². The van der Waals surface area contributed by atoms with Gasteiger partial charge < -0.3 is 15.7 Å². The average molecular weight is 434 g/mol. The van der Waals surface area contributed by atoms with Gasteiger partial charge in [-0.05, 0) is 31.2 Å². The Bertz CT molecular complexity index is 1250. The summed E-state index contributed by atoms with van der Waals surface area (Å²) in [5.41, 5.74) is 2.76. The fourth-order valence-corrected chi connectivity index (χ4v) is 4.02. The van der Waals surface area contributed by atoms with E-state index >= 15 is 0 Å². The SMILES string of the molecule is CCn1c2ccccc2c2cc(NC(=O)CSc3nnc(C(F)(F)F)n3N)ccc21. The van der Waals surface area contributed by atoms with Gasteiger partial charge in [-0.3, -0.25) is 4.79 Å². The molecule has 2 heterocycles. The van der Waals surface area contributed by atoms with Gasteiger partial charge in [0.05, 0.1) is 5.75 Å². The Hall–Kier alpha value is -3.21. The molecule has 2 aromatic carbocycles. The van der Waals surface area contributed by atoms with Crippen LogP contribution in [0.25, 0.3) is 21.8 Å². The fraction of sp³-hybridized carbons (Fsp3) is 0.211. The Labute approximate surface area is 173 Å². The van der Waals surface area contributed by atoms with Crippen molar-refractivity contribution in [1.29, 1.82) is 0 Å². The van der Waals surface area contributed by atoms with Gasteiger partial charge in [-0.1, -0.05) is 30.0 Å². The number of hydrogen-bond donors (Lipinski definition) is 2. The predicted molar refractivity (Wildman–Crippen MR) is 110 cm³/mol. The number of benzene rings is 2. The first kappa shape index (κ1) is 20.1. The fourth-order valence-electron chi connectivity index (χ4n) is 3.37. The lowest BCUT2D eigenvalue weighted by atomic mass is 10.1. The van der Waals surface area contributed by atoms with Crippen LogP contribution in [-0.4, -0.2) is 31.1 Å². The highest BCUT2D eigenvalue weighted by Crippen LogP contribution is 2.31. The number of thioether (sulfide) groups is 1. The highest BCUT2D eigenvalue weighted by atomic mass is 32.2. The Balaban J connectivity index is 1.51. The van der Waals surface area contributed by atoms with Gasteiger partial charge in [-0.25, -0.2) is 4.68 Å². The molecule has 0 spiro atoms. The number of nitrogens with one attached hydrogen (secondary N) is 1. The number of carbonyl (C=O) groups excluding carboxylic acids is 1. The average Bonchev–Trinajstić information content (AvgIpc) is 3.23. The van der Waals surface area contributed by atoms with Crippen molar-refractivity contribution in [2.75, 3.05) is 16.9 Å². The molecule has 1 amide bonds. The number of aromatic nitrogens is 4. The molecule has 0 aliphatic rings. The lowest BCUT2D eigenvalue weighted by Gasteiger charge is -2.07. The van der Waals surface area contributed by atoms with E-state index in [1.54, 1.807) is 6.07 Å². The normalized spacial score (nSPS) is 12.0. The summed E-state index contributed by atoms with van der Waals surface area (Å²) in [6, 6.07) is 13.6. The molecular weight excluding hydrogens is 417 g/mol. The zero-order chi connectivity index (χ0) is 21.5. The summed E-state index contributed by atoms with van der Waals surface area (Å²) < 4.78 is 40.7. The molecule has 4 rings (SSSR count). The minimum Gasteiger partial charge on any atom is -0.341 e. The molecule has 0 atom stereocenters. The van der Waals surface area contributed by atoms with Crippen LogP contribution in [0.5, 0.6) is 0 Å². The second kappa shape index (κ2) is 7.56. The summed E-state index contributed by atoms with van der Waals surface area (Å²) in [4.78, 5) is 12.3. The highest BCUT2D eigenvalue weighted by Gasteiger charge is 2.38. The van der Waals surface area contributed by atoms with Crippen molar-refractivity contribution in [3.05, 3.63) is 48.3 Å². The third-order valence-corrected chi connectivity index (χ3v) is 5.57. The lowest BCUT2D eigenvalue weighted by molar-refractivity contribution is -0.146. The van der Waals surface area contributed by atoms with Crippen molar-refractivity contribution < 1.29 is 18.0 Å². The van der Waals surface area contributed by atoms with E-state index in [0.717, 1.165) is 40.1 Å². The summed E-state index contributed by atoms with van der Waals surface area (Å²) in [5.74, 6) is 3.50. The van der Waals surface area contributed by atoms with Gasteiger partial charge in [0.1, 0.15) is 0 Å². The first-order valence-electron chi connectivity index (χ1n) is 9.01. The summed E-state index contributed by atoms with van der Waals surface area (Å²) in [6.45, 7) is 2.88. The van der Waals surface area contributed by atoms with Crippen molar-refractivity contribution in [2.24, 2.45) is 0 Å². The number of rotatable bonds is 5. The third kappa shape index (κ3) is 3.56. The monoisotopic (exact) mass is 434 g/mol. The third-order valence-electron chi connectivity index (χ3n) is 4.62. The molecule has 0 saturated heterocycles. The standard InChI is InChI=1S/C19H17F3N6OS/c1-2-27-14-6-4-3-5-12(14)13-9-11(7-8-15(13)27)24-16(29)10-30-18-26-25-17(28(18)23)19(20,21)22/h3-9H,2,10,23H2,1H3,(H,24,29). The van der Waals surface area contributed by atoms with Crippen LogP contribution in [0.1, 0.15) is 12.7 Å². The molecule has 11 heteroatoms. The number of para-hydroxylation sites is 1. The van der Waals surface area contributed by atoms with Crippen LogP contribution in [-0.2, 0) is 17.5 Å². The molecule has 156 valence electrons. The van der Waals surface area contributed by atoms with Crippen LogP contribution >= 0.6 is 11.8 Å². The van der Waals surface area contributed by atoms with Gasteiger partial charge in [0, 0.05) is 34.0 Å². The number of hydrogen-bond acceptors (Lipinski definition) is 5. The molecule has 3 N–H and O–H groups in total. The number of amides is 1. The second-order valence-electron chi connectivity index (χ2n) is 6.50. The van der Waals surface area contributed by atoms with Crippen molar-refractivity contribution in [1.82, 2.24) is 19.4 Å². The van der Waals surface area contributed by atoms with Crippen molar-refractivity contribution in [3.63, 3.8) is 0 Å². The zero-order valence-corrected chi connectivity index (χ0v) is 16.6. The molecule has 2 aromatic heterocycles. The zero-order valence-electron chi connectivity index (χ0n) is 15.8. The Morgan fingerprint density at radius 1 is 1.13 bits per heavy atom. The molecule has 0 aliphatic carbocycles. The first-order valence-corrected chi connectivity index (χ1v) is 9.99. The molecule has 30 heavy (non-hydrogen) atoms. The molecule has 0 fully saturated rings. The van der Waals surface area contributed by atoms with Crippen LogP contribution in [0.4, 0.5) is 18.9 Å².